The van der Waals surface area contributed by atoms with Crippen LogP contribution in [0, 0.1) is 0 Å². The van der Waals surface area contributed by atoms with E-state index in [0.717, 1.165) is 41.2 Å². The maximum Gasteiger partial charge on any atom is 0.164 e. The van der Waals surface area contributed by atoms with Crippen LogP contribution in [0.15, 0.2) is 36.5 Å². The van der Waals surface area contributed by atoms with Crippen LogP contribution < -0.4 is 0 Å². The molecule has 0 fully saturated rings. The van der Waals surface area contributed by atoms with E-state index in [0.29, 0.717) is 6.42 Å². The number of nitrogens with zero attached hydrogens (tertiary/aromatic N) is 1. The van der Waals surface area contributed by atoms with Gasteiger partial charge in [0.1, 0.15) is 0 Å². The number of halogens is 1. The first-order valence-corrected chi connectivity index (χ1v) is 6.58. The number of aromatic nitrogens is 1. The molecule has 1 aromatic carbocycles. The lowest BCUT2D eigenvalue weighted by Gasteiger charge is -2.15. The van der Waals surface area contributed by atoms with Crippen molar-refractivity contribution in [1.29, 1.82) is 0 Å². The molecule has 0 unspecified atom stereocenters. The Morgan fingerprint density at radius 2 is 2.00 bits per heavy atom. The highest BCUT2D eigenvalue weighted by Crippen LogP contribution is 2.24. The summed E-state index contributed by atoms with van der Waals surface area (Å²) in [7, 11) is 0. The number of carbonyl (C=O) groups excluding carboxylic acids is 1. The van der Waals surface area contributed by atoms with Gasteiger partial charge in [-0.3, -0.25) is 4.79 Å². The highest BCUT2D eigenvalue weighted by molar-refractivity contribution is 6.31. The number of fused-ring (bicyclic) bond motifs is 1. The Morgan fingerprint density at radius 3 is 2.83 bits per heavy atom. The summed E-state index contributed by atoms with van der Waals surface area (Å²) in [4.78, 5) is 11.8. The third-order valence-electron chi connectivity index (χ3n) is 3.50. The predicted octanol–water partition coefficient (Wildman–Crippen LogP) is 3.71. The molecule has 0 saturated heterocycles. The molecule has 1 aliphatic rings. The molecule has 1 aromatic heterocycles. The summed E-state index contributed by atoms with van der Waals surface area (Å²) in [5.74, 6) is 0.272. The molecular weight excluding hydrogens is 246 g/mol. The maximum atomic E-state index is 11.8. The van der Waals surface area contributed by atoms with Gasteiger partial charge in [0.05, 0.1) is 0 Å². The molecule has 2 aromatic rings. The molecule has 2 nitrogen and oxygen atoms in total. The van der Waals surface area contributed by atoms with Crippen LogP contribution in [0.2, 0.25) is 5.02 Å². The van der Waals surface area contributed by atoms with Gasteiger partial charge in [-0.1, -0.05) is 29.8 Å². The van der Waals surface area contributed by atoms with Gasteiger partial charge in [0, 0.05) is 35.4 Å². The fraction of sp³-hybridized carbons (Fsp3) is 0.267. The molecule has 0 amide bonds. The molecule has 0 bridgehead atoms. The third-order valence-corrected chi connectivity index (χ3v) is 3.86. The summed E-state index contributed by atoms with van der Waals surface area (Å²) in [5, 5.41) is 0.780. The van der Waals surface area contributed by atoms with Gasteiger partial charge in [-0.2, -0.15) is 0 Å². The monoisotopic (exact) mass is 259 g/mol. The minimum Gasteiger partial charge on any atom is -0.346 e. The fourth-order valence-electron chi connectivity index (χ4n) is 2.55. The molecule has 1 aliphatic carbocycles. The molecule has 0 aliphatic heterocycles. The van der Waals surface area contributed by atoms with Gasteiger partial charge in [0.2, 0.25) is 0 Å². The molecule has 0 N–H and O–H groups in total. The number of hydrogen-bond acceptors (Lipinski definition) is 1. The van der Waals surface area contributed by atoms with Crippen LogP contribution in [0.5, 0.6) is 0 Å². The lowest BCUT2D eigenvalue weighted by Crippen LogP contribution is -2.13. The highest BCUT2D eigenvalue weighted by Gasteiger charge is 2.20. The Bertz CT molecular complexity index is 600. The van der Waals surface area contributed by atoms with Crippen LogP contribution in [0.4, 0.5) is 0 Å². The van der Waals surface area contributed by atoms with E-state index in [1.807, 2.05) is 36.5 Å². The first-order chi connectivity index (χ1) is 8.75. The van der Waals surface area contributed by atoms with Crippen LogP contribution in [0.3, 0.4) is 0 Å². The highest BCUT2D eigenvalue weighted by atomic mass is 35.5. The number of hydrogen-bond donors (Lipinski definition) is 0. The Kier molecular flexibility index (Phi) is 2.96. The molecular formula is C15H14ClNO. The van der Waals surface area contributed by atoms with Gasteiger partial charge in [-0.15, -0.1) is 0 Å². The second-order valence-electron chi connectivity index (χ2n) is 4.67. The number of Topliss-reactive ketones (excluding diaryl/α,β-unsaturated/α-hetero) is 1. The van der Waals surface area contributed by atoms with Crippen LogP contribution in [-0.4, -0.2) is 10.4 Å². The van der Waals surface area contributed by atoms with Crippen LogP contribution in [0.25, 0.3) is 0 Å². The van der Waals surface area contributed by atoms with Crippen LogP contribution in [-0.2, 0) is 13.0 Å². The van der Waals surface area contributed by atoms with E-state index >= 15 is 0 Å². The number of ketones is 1. The number of benzene rings is 1. The summed E-state index contributed by atoms with van der Waals surface area (Å²) in [5.41, 5.74) is 3.15. The summed E-state index contributed by atoms with van der Waals surface area (Å²) in [6.07, 6.45) is 4.62. The van der Waals surface area contributed by atoms with Crippen molar-refractivity contribution in [3.8, 4) is 0 Å². The average molecular weight is 260 g/mol. The first-order valence-electron chi connectivity index (χ1n) is 6.20. The van der Waals surface area contributed by atoms with E-state index in [4.69, 9.17) is 11.6 Å². The quantitative estimate of drug-likeness (QED) is 0.806. The second kappa shape index (κ2) is 4.62. The summed E-state index contributed by atoms with van der Waals surface area (Å²) >= 11 is 6.17. The standard InChI is InChI=1S/C15H14ClNO/c16-13-5-2-1-4-11(13)10-17-9-8-12-14(17)6-3-7-15(12)18/h1-2,4-5,8-9H,3,6-7,10H2. The topological polar surface area (TPSA) is 22.0 Å². The van der Waals surface area contributed by atoms with Gasteiger partial charge in [-0.05, 0) is 30.5 Å². The Balaban J connectivity index is 1.95. The molecule has 3 rings (SSSR count). The summed E-state index contributed by atoms with van der Waals surface area (Å²) in [6, 6.07) is 9.79. The van der Waals surface area contributed by atoms with Crippen LogP contribution in [0.1, 0.15) is 34.5 Å². The summed E-state index contributed by atoms with van der Waals surface area (Å²) in [6.45, 7) is 0.738. The van der Waals surface area contributed by atoms with Gasteiger partial charge in [-0.25, -0.2) is 0 Å². The largest absolute Gasteiger partial charge is 0.346 e. The van der Waals surface area contributed by atoms with E-state index in [1.54, 1.807) is 0 Å². The SMILES string of the molecule is O=C1CCCc2c1ccn2Cc1ccccc1Cl. The Hall–Kier alpha value is -1.54. The minimum atomic E-state index is 0.272. The van der Waals surface area contributed by atoms with Crippen molar-refractivity contribution >= 4 is 17.4 Å². The normalized spacial score (nSPS) is 14.6. The Labute approximate surface area is 111 Å². The van der Waals surface area contributed by atoms with Crippen molar-refractivity contribution in [2.24, 2.45) is 0 Å². The van der Waals surface area contributed by atoms with Crippen LogP contribution >= 0.6 is 11.6 Å². The smallest absolute Gasteiger partial charge is 0.164 e. The number of rotatable bonds is 2. The van der Waals surface area contributed by atoms with Gasteiger partial charge in [0.25, 0.3) is 0 Å². The Morgan fingerprint density at radius 1 is 1.17 bits per heavy atom. The lowest BCUT2D eigenvalue weighted by atomic mass is 9.97. The minimum absolute atomic E-state index is 0.272. The summed E-state index contributed by atoms with van der Waals surface area (Å²) < 4.78 is 2.15. The van der Waals surface area contributed by atoms with Crippen molar-refractivity contribution in [2.75, 3.05) is 0 Å². The van der Waals surface area contributed by atoms with E-state index in [2.05, 4.69) is 4.57 Å². The maximum absolute atomic E-state index is 11.8. The van der Waals surface area contributed by atoms with E-state index in [1.165, 1.54) is 0 Å². The van der Waals surface area contributed by atoms with Gasteiger partial charge >= 0.3 is 0 Å². The molecule has 3 heteroatoms. The zero-order chi connectivity index (χ0) is 12.5. The van der Waals surface area contributed by atoms with E-state index < -0.39 is 0 Å². The third kappa shape index (κ3) is 1.97. The van der Waals surface area contributed by atoms with E-state index in [9.17, 15) is 4.79 Å². The van der Waals surface area contributed by atoms with Crippen molar-refractivity contribution in [3.05, 3.63) is 58.4 Å². The molecule has 1 heterocycles. The van der Waals surface area contributed by atoms with Crippen molar-refractivity contribution in [3.63, 3.8) is 0 Å². The van der Waals surface area contributed by atoms with Gasteiger partial charge in [0.15, 0.2) is 5.78 Å². The second-order valence-corrected chi connectivity index (χ2v) is 5.08. The fourth-order valence-corrected chi connectivity index (χ4v) is 2.74. The zero-order valence-electron chi connectivity index (χ0n) is 10.0. The van der Waals surface area contributed by atoms with Gasteiger partial charge < -0.3 is 4.57 Å². The van der Waals surface area contributed by atoms with Crippen molar-refractivity contribution < 1.29 is 4.79 Å². The van der Waals surface area contributed by atoms with Crippen molar-refractivity contribution in [2.45, 2.75) is 25.8 Å². The van der Waals surface area contributed by atoms with E-state index in [-0.39, 0.29) is 5.78 Å². The van der Waals surface area contributed by atoms with Crippen molar-refractivity contribution in [1.82, 2.24) is 4.57 Å². The molecule has 0 spiro atoms. The predicted molar refractivity (Wildman–Crippen MR) is 72.3 cm³/mol. The molecule has 0 saturated carbocycles. The first kappa shape index (κ1) is 11.5. The molecule has 0 radical (unpaired) electrons. The number of carbonyl (C=O) groups is 1. The zero-order valence-corrected chi connectivity index (χ0v) is 10.8. The molecule has 18 heavy (non-hydrogen) atoms. The molecule has 0 atom stereocenters. The molecule has 92 valence electrons. The average Bonchev–Trinajstić information content (AvgIpc) is 2.77. The lowest BCUT2D eigenvalue weighted by molar-refractivity contribution is 0.0972.